The minimum absolute atomic E-state index is 0.148. The van der Waals surface area contributed by atoms with Crippen LogP contribution in [0, 0.1) is 11.3 Å². The second-order valence-corrected chi connectivity index (χ2v) is 7.36. The van der Waals surface area contributed by atoms with E-state index in [9.17, 15) is 4.79 Å². The van der Waals surface area contributed by atoms with Gasteiger partial charge in [-0.25, -0.2) is 0 Å². The Labute approximate surface area is 127 Å². The Morgan fingerprint density at radius 2 is 1.95 bits per heavy atom. The van der Waals surface area contributed by atoms with Crippen LogP contribution < -0.4 is 5.73 Å². The van der Waals surface area contributed by atoms with Gasteiger partial charge in [0.2, 0.25) is 5.91 Å². The summed E-state index contributed by atoms with van der Waals surface area (Å²) in [5.74, 6) is 0.341. The number of hydrogen-bond donors (Lipinski definition) is 1. The standard InChI is InChI=1S/C16H29N3O2/c1-4-18-7-9-19(10-8-18)14(20)16(17)12-6-5-11-21-13(12)15(16,2)3/h12-13H,4-11,17H2,1-3H3. The normalized spacial score (nSPS) is 39.5. The number of rotatable bonds is 2. The van der Waals surface area contributed by atoms with Crippen molar-refractivity contribution in [3.63, 3.8) is 0 Å². The third-order valence-corrected chi connectivity index (χ3v) is 6.15. The van der Waals surface area contributed by atoms with Gasteiger partial charge >= 0.3 is 0 Å². The zero-order valence-electron chi connectivity index (χ0n) is 13.6. The number of ether oxygens (including phenoxy) is 1. The summed E-state index contributed by atoms with van der Waals surface area (Å²) in [5, 5.41) is 0. The molecule has 120 valence electrons. The molecular weight excluding hydrogens is 266 g/mol. The molecule has 3 aliphatic rings. The van der Waals surface area contributed by atoms with Gasteiger partial charge in [0.25, 0.3) is 0 Å². The summed E-state index contributed by atoms with van der Waals surface area (Å²) in [7, 11) is 0. The topological polar surface area (TPSA) is 58.8 Å². The van der Waals surface area contributed by atoms with E-state index in [2.05, 4.69) is 25.7 Å². The number of carbonyl (C=O) groups is 1. The Balaban J connectivity index is 1.74. The number of fused-ring (bicyclic) bond motifs is 1. The molecule has 3 rings (SSSR count). The van der Waals surface area contributed by atoms with Crippen LogP contribution in [0.4, 0.5) is 0 Å². The monoisotopic (exact) mass is 295 g/mol. The van der Waals surface area contributed by atoms with E-state index >= 15 is 0 Å². The molecule has 1 saturated carbocycles. The lowest BCUT2D eigenvalue weighted by atomic mass is 9.46. The van der Waals surface area contributed by atoms with Crippen molar-refractivity contribution >= 4 is 5.91 Å². The molecule has 0 aromatic carbocycles. The maximum Gasteiger partial charge on any atom is 0.243 e. The highest BCUT2D eigenvalue weighted by molar-refractivity contribution is 5.89. The molecule has 2 N–H and O–H groups in total. The minimum Gasteiger partial charge on any atom is -0.377 e. The van der Waals surface area contributed by atoms with E-state index in [1.54, 1.807) is 0 Å². The van der Waals surface area contributed by atoms with Crippen LogP contribution in [-0.4, -0.2) is 66.7 Å². The predicted molar refractivity (Wildman–Crippen MR) is 81.9 cm³/mol. The Morgan fingerprint density at radius 3 is 2.57 bits per heavy atom. The van der Waals surface area contributed by atoms with Crippen LogP contribution >= 0.6 is 0 Å². The van der Waals surface area contributed by atoms with Gasteiger partial charge in [-0.15, -0.1) is 0 Å². The third kappa shape index (κ3) is 2.05. The van der Waals surface area contributed by atoms with Crippen molar-refractivity contribution in [2.75, 3.05) is 39.3 Å². The Kier molecular flexibility index (Phi) is 3.79. The van der Waals surface area contributed by atoms with Crippen LogP contribution in [0.5, 0.6) is 0 Å². The first-order chi connectivity index (χ1) is 9.92. The summed E-state index contributed by atoms with van der Waals surface area (Å²) < 4.78 is 5.90. The first-order valence-corrected chi connectivity index (χ1v) is 8.35. The van der Waals surface area contributed by atoms with Crippen molar-refractivity contribution < 1.29 is 9.53 Å². The summed E-state index contributed by atoms with van der Waals surface area (Å²) >= 11 is 0. The van der Waals surface area contributed by atoms with Crippen molar-refractivity contribution in [1.29, 1.82) is 0 Å². The molecule has 3 fully saturated rings. The number of hydrogen-bond acceptors (Lipinski definition) is 4. The van der Waals surface area contributed by atoms with Gasteiger partial charge in [-0.2, -0.15) is 0 Å². The predicted octanol–water partition coefficient (Wildman–Crippen LogP) is 0.683. The molecule has 0 radical (unpaired) electrons. The van der Waals surface area contributed by atoms with Gasteiger partial charge in [0, 0.05) is 44.1 Å². The van der Waals surface area contributed by atoms with Gasteiger partial charge in [0.15, 0.2) is 0 Å². The fraction of sp³-hybridized carbons (Fsp3) is 0.938. The Morgan fingerprint density at radius 1 is 1.29 bits per heavy atom. The minimum atomic E-state index is -0.744. The maximum absolute atomic E-state index is 13.1. The molecule has 5 nitrogen and oxygen atoms in total. The fourth-order valence-electron chi connectivity index (χ4n) is 4.54. The van der Waals surface area contributed by atoms with Crippen molar-refractivity contribution in [3.8, 4) is 0 Å². The highest BCUT2D eigenvalue weighted by Gasteiger charge is 2.70. The number of nitrogens with zero attached hydrogens (tertiary/aromatic N) is 2. The summed E-state index contributed by atoms with van der Waals surface area (Å²) in [6.45, 7) is 11.8. The lowest BCUT2D eigenvalue weighted by molar-refractivity contribution is -0.230. The van der Waals surface area contributed by atoms with Crippen molar-refractivity contribution in [2.45, 2.75) is 45.3 Å². The fourth-order valence-corrected chi connectivity index (χ4v) is 4.54. The average molecular weight is 295 g/mol. The highest BCUT2D eigenvalue weighted by atomic mass is 16.5. The zero-order valence-corrected chi connectivity index (χ0v) is 13.6. The quantitative estimate of drug-likeness (QED) is 0.814. The highest BCUT2D eigenvalue weighted by Crippen LogP contribution is 2.57. The van der Waals surface area contributed by atoms with E-state index in [-0.39, 0.29) is 23.3 Å². The largest absolute Gasteiger partial charge is 0.377 e. The molecule has 0 aromatic rings. The molecule has 0 bridgehead atoms. The van der Waals surface area contributed by atoms with Gasteiger partial charge in [0.05, 0.1) is 6.10 Å². The van der Waals surface area contributed by atoms with Gasteiger partial charge in [-0.3, -0.25) is 4.79 Å². The smallest absolute Gasteiger partial charge is 0.243 e. The Hall–Kier alpha value is -0.650. The molecule has 2 heterocycles. The SMILES string of the molecule is CCN1CCN(C(=O)C2(N)C3CCCOC3C2(C)C)CC1. The number of likely N-dealkylation sites (N-methyl/N-ethyl adjacent to an activating group) is 1. The molecule has 3 unspecified atom stereocenters. The molecule has 1 aliphatic carbocycles. The first-order valence-electron chi connectivity index (χ1n) is 8.35. The van der Waals surface area contributed by atoms with Crippen LogP contribution in [0.25, 0.3) is 0 Å². The molecule has 5 heteroatoms. The first kappa shape index (κ1) is 15.3. The van der Waals surface area contributed by atoms with E-state index < -0.39 is 5.54 Å². The molecule has 21 heavy (non-hydrogen) atoms. The van der Waals surface area contributed by atoms with Gasteiger partial charge in [-0.1, -0.05) is 20.8 Å². The molecule has 2 aliphatic heterocycles. The summed E-state index contributed by atoms with van der Waals surface area (Å²) in [6.07, 6.45) is 2.19. The number of nitrogens with two attached hydrogens (primary N) is 1. The van der Waals surface area contributed by atoms with E-state index in [1.165, 1.54) is 0 Å². The average Bonchev–Trinajstić information content (AvgIpc) is 2.53. The lowest BCUT2D eigenvalue weighted by Gasteiger charge is -2.66. The van der Waals surface area contributed by atoms with Crippen LogP contribution in [-0.2, 0) is 9.53 Å². The van der Waals surface area contributed by atoms with Crippen molar-refractivity contribution in [3.05, 3.63) is 0 Å². The van der Waals surface area contributed by atoms with Crippen molar-refractivity contribution in [2.24, 2.45) is 17.1 Å². The van der Waals surface area contributed by atoms with E-state index in [0.717, 1.165) is 52.2 Å². The molecule has 0 spiro atoms. The molecule has 0 aromatic heterocycles. The van der Waals surface area contributed by atoms with Gasteiger partial charge < -0.3 is 20.3 Å². The van der Waals surface area contributed by atoms with Crippen LogP contribution in [0.2, 0.25) is 0 Å². The maximum atomic E-state index is 13.1. The van der Waals surface area contributed by atoms with E-state index in [0.29, 0.717) is 0 Å². The second-order valence-electron chi connectivity index (χ2n) is 7.36. The molecule has 2 saturated heterocycles. The third-order valence-electron chi connectivity index (χ3n) is 6.15. The Bertz CT molecular complexity index is 418. The van der Waals surface area contributed by atoms with E-state index in [4.69, 9.17) is 10.5 Å². The lowest BCUT2D eigenvalue weighted by Crippen LogP contribution is -2.82. The number of amides is 1. The summed E-state index contributed by atoms with van der Waals surface area (Å²) in [5.41, 5.74) is 5.68. The number of carbonyl (C=O) groups excluding carboxylic acids is 1. The van der Waals surface area contributed by atoms with Crippen LogP contribution in [0.1, 0.15) is 33.6 Å². The molecule has 1 amide bonds. The molecule has 3 atom stereocenters. The van der Waals surface area contributed by atoms with Gasteiger partial charge in [-0.05, 0) is 19.4 Å². The second kappa shape index (κ2) is 5.21. The van der Waals surface area contributed by atoms with Crippen LogP contribution in [0.15, 0.2) is 0 Å². The summed E-state index contributed by atoms with van der Waals surface area (Å²) in [6, 6.07) is 0. The van der Waals surface area contributed by atoms with Crippen LogP contribution in [0.3, 0.4) is 0 Å². The number of piperazine rings is 1. The zero-order chi connectivity index (χ0) is 15.3. The molecular formula is C16H29N3O2. The van der Waals surface area contributed by atoms with E-state index in [1.807, 2.05) is 4.90 Å². The van der Waals surface area contributed by atoms with Gasteiger partial charge in [0.1, 0.15) is 5.54 Å². The van der Waals surface area contributed by atoms with Crippen molar-refractivity contribution in [1.82, 2.24) is 9.80 Å². The summed E-state index contributed by atoms with van der Waals surface area (Å²) in [4.78, 5) is 17.5.